The van der Waals surface area contributed by atoms with Crippen molar-refractivity contribution in [3.63, 3.8) is 0 Å². The van der Waals surface area contributed by atoms with Crippen LogP contribution in [0.3, 0.4) is 0 Å². The summed E-state index contributed by atoms with van der Waals surface area (Å²) in [4.78, 5) is 0. The van der Waals surface area contributed by atoms with Crippen molar-refractivity contribution in [2.45, 2.75) is 25.9 Å². The molecule has 0 heterocycles. The van der Waals surface area contributed by atoms with Gasteiger partial charge in [0.2, 0.25) is 0 Å². The molecule has 2 N–H and O–H groups in total. The highest BCUT2D eigenvalue weighted by atomic mass is 35.5. The summed E-state index contributed by atoms with van der Waals surface area (Å²) in [5, 5.41) is 14.2. The zero-order chi connectivity index (χ0) is 15.2. The van der Waals surface area contributed by atoms with E-state index in [1.54, 1.807) is 13.2 Å². The molecule has 3 nitrogen and oxygen atoms in total. The van der Waals surface area contributed by atoms with Crippen molar-refractivity contribution in [1.82, 2.24) is 5.32 Å². The molecular formula is C17H20ClNO2. The van der Waals surface area contributed by atoms with Gasteiger partial charge in [-0.2, -0.15) is 0 Å². The van der Waals surface area contributed by atoms with Crippen LogP contribution in [0.1, 0.15) is 18.1 Å². The van der Waals surface area contributed by atoms with E-state index < -0.39 is 0 Å². The Balaban J connectivity index is 1.92. The van der Waals surface area contributed by atoms with Crippen LogP contribution in [-0.4, -0.2) is 18.3 Å². The van der Waals surface area contributed by atoms with Gasteiger partial charge in [-0.25, -0.2) is 0 Å². The Labute approximate surface area is 130 Å². The fraction of sp³-hybridized carbons (Fsp3) is 0.294. The maximum Gasteiger partial charge on any atom is 0.162 e. The molecule has 0 saturated carbocycles. The maximum atomic E-state index is 10.0. The smallest absolute Gasteiger partial charge is 0.162 e. The van der Waals surface area contributed by atoms with Gasteiger partial charge < -0.3 is 15.2 Å². The van der Waals surface area contributed by atoms with Gasteiger partial charge >= 0.3 is 0 Å². The summed E-state index contributed by atoms with van der Waals surface area (Å²) in [6.07, 6.45) is 0.905. The largest absolute Gasteiger partial charge is 0.504 e. The molecule has 2 aromatic carbocycles. The molecule has 0 bridgehead atoms. The average Bonchev–Trinajstić information content (AvgIpc) is 2.48. The maximum absolute atomic E-state index is 10.0. The molecule has 0 amide bonds. The fourth-order valence-electron chi connectivity index (χ4n) is 2.21. The second-order valence-electron chi connectivity index (χ2n) is 5.08. The Hall–Kier alpha value is -1.71. The van der Waals surface area contributed by atoms with Crippen molar-refractivity contribution >= 4 is 11.6 Å². The number of benzene rings is 2. The number of para-hydroxylation sites is 1. The van der Waals surface area contributed by atoms with E-state index in [1.807, 2.05) is 36.4 Å². The molecule has 112 valence electrons. The van der Waals surface area contributed by atoms with Crippen LogP contribution in [-0.2, 0) is 13.0 Å². The summed E-state index contributed by atoms with van der Waals surface area (Å²) in [6, 6.07) is 13.7. The molecule has 0 aliphatic heterocycles. The normalized spacial score (nSPS) is 12.1. The van der Waals surface area contributed by atoms with Gasteiger partial charge in [0.15, 0.2) is 11.5 Å². The molecular weight excluding hydrogens is 286 g/mol. The monoisotopic (exact) mass is 305 g/mol. The second-order valence-corrected chi connectivity index (χ2v) is 5.52. The number of halogens is 1. The van der Waals surface area contributed by atoms with E-state index in [2.05, 4.69) is 12.2 Å². The average molecular weight is 306 g/mol. The first-order chi connectivity index (χ1) is 10.1. The van der Waals surface area contributed by atoms with Crippen molar-refractivity contribution in [1.29, 1.82) is 0 Å². The van der Waals surface area contributed by atoms with Crippen molar-refractivity contribution < 1.29 is 9.84 Å². The quantitative estimate of drug-likeness (QED) is 0.853. The first kappa shape index (κ1) is 15.7. The van der Waals surface area contributed by atoms with Crippen molar-refractivity contribution in [2.75, 3.05) is 7.11 Å². The van der Waals surface area contributed by atoms with Gasteiger partial charge in [0.1, 0.15) is 0 Å². The van der Waals surface area contributed by atoms with E-state index in [1.165, 1.54) is 5.56 Å². The summed E-state index contributed by atoms with van der Waals surface area (Å²) >= 11 is 5.88. The van der Waals surface area contributed by atoms with Gasteiger partial charge in [-0.15, -0.1) is 0 Å². The van der Waals surface area contributed by atoms with E-state index in [-0.39, 0.29) is 11.8 Å². The summed E-state index contributed by atoms with van der Waals surface area (Å²) in [7, 11) is 1.55. The van der Waals surface area contributed by atoms with Crippen LogP contribution in [0, 0.1) is 0 Å². The third-order valence-electron chi connectivity index (χ3n) is 3.40. The first-order valence-electron chi connectivity index (χ1n) is 6.93. The second kappa shape index (κ2) is 7.34. The van der Waals surface area contributed by atoms with Crippen molar-refractivity contribution in [3.05, 3.63) is 58.6 Å². The number of aromatic hydroxyl groups is 1. The molecule has 1 unspecified atom stereocenters. The van der Waals surface area contributed by atoms with E-state index in [0.717, 1.165) is 17.0 Å². The van der Waals surface area contributed by atoms with E-state index >= 15 is 0 Å². The Morgan fingerprint density at radius 2 is 1.90 bits per heavy atom. The molecule has 21 heavy (non-hydrogen) atoms. The molecule has 0 aromatic heterocycles. The number of nitrogens with one attached hydrogen (secondary N) is 1. The SMILES string of the molecule is COc1cccc(CNC(C)Cc2ccc(Cl)cc2)c1O. The Bertz CT molecular complexity index is 584. The predicted molar refractivity (Wildman–Crippen MR) is 86.1 cm³/mol. The number of rotatable bonds is 6. The third-order valence-corrected chi connectivity index (χ3v) is 3.65. The highest BCUT2D eigenvalue weighted by Gasteiger charge is 2.09. The lowest BCUT2D eigenvalue weighted by Crippen LogP contribution is -2.27. The molecule has 0 spiro atoms. The van der Waals surface area contributed by atoms with Crippen LogP contribution in [0.15, 0.2) is 42.5 Å². The van der Waals surface area contributed by atoms with Crippen molar-refractivity contribution in [3.8, 4) is 11.5 Å². The summed E-state index contributed by atoms with van der Waals surface area (Å²) in [6.45, 7) is 2.71. The highest BCUT2D eigenvalue weighted by molar-refractivity contribution is 6.30. The third kappa shape index (κ3) is 4.38. The van der Waals surface area contributed by atoms with Crippen LogP contribution in [0.25, 0.3) is 0 Å². The molecule has 0 aliphatic carbocycles. The summed E-state index contributed by atoms with van der Waals surface area (Å²) in [5.74, 6) is 0.700. The van der Waals surface area contributed by atoms with Crippen LogP contribution >= 0.6 is 11.6 Å². The van der Waals surface area contributed by atoms with Crippen molar-refractivity contribution in [2.24, 2.45) is 0 Å². The highest BCUT2D eigenvalue weighted by Crippen LogP contribution is 2.29. The van der Waals surface area contributed by atoms with Gasteiger partial charge in [0, 0.05) is 23.2 Å². The van der Waals surface area contributed by atoms with Crippen LogP contribution < -0.4 is 10.1 Å². The number of methoxy groups -OCH3 is 1. The number of ether oxygens (including phenoxy) is 1. The minimum absolute atomic E-state index is 0.200. The lowest BCUT2D eigenvalue weighted by atomic mass is 10.1. The Kier molecular flexibility index (Phi) is 5.48. The molecule has 0 radical (unpaired) electrons. The van der Waals surface area contributed by atoms with Gasteiger partial charge in [-0.05, 0) is 37.1 Å². The lowest BCUT2D eigenvalue weighted by Gasteiger charge is -2.15. The topological polar surface area (TPSA) is 41.5 Å². The minimum Gasteiger partial charge on any atom is -0.504 e. The molecule has 0 saturated heterocycles. The standard InChI is InChI=1S/C17H20ClNO2/c1-12(10-13-6-8-15(18)9-7-13)19-11-14-4-3-5-16(21-2)17(14)20/h3-9,12,19-20H,10-11H2,1-2H3. The van der Waals surface area contributed by atoms with Gasteiger partial charge in [0.05, 0.1) is 7.11 Å². The van der Waals surface area contributed by atoms with Crippen LogP contribution in [0.5, 0.6) is 11.5 Å². The molecule has 1 atom stereocenters. The number of hydrogen-bond donors (Lipinski definition) is 2. The molecule has 0 fully saturated rings. The summed E-state index contributed by atoms with van der Waals surface area (Å²) < 4.78 is 5.11. The molecule has 2 aromatic rings. The summed E-state index contributed by atoms with van der Waals surface area (Å²) in [5.41, 5.74) is 2.06. The van der Waals surface area contributed by atoms with Crippen LogP contribution in [0.2, 0.25) is 5.02 Å². The van der Waals surface area contributed by atoms with Gasteiger partial charge in [-0.1, -0.05) is 35.9 Å². The van der Waals surface area contributed by atoms with Gasteiger partial charge in [-0.3, -0.25) is 0 Å². The van der Waals surface area contributed by atoms with Gasteiger partial charge in [0.25, 0.3) is 0 Å². The van der Waals surface area contributed by atoms with E-state index in [4.69, 9.17) is 16.3 Å². The number of hydrogen-bond acceptors (Lipinski definition) is 3. The molecule has 4 heteroatoms. The lowest BCUT2D eigenvalue weighted by molar-refractivity contribution is 0.369. The minimum atomic E-state index is 0.200. The zero-order valence-electron chi connectivity index (χ0n) is 12.3. The van der Waals surface area contributed by atoms with E-state index in [0.29, 0.717) is 12.3 Å². The number of phenolic OH excluding ortho intramolecular Hbond substituents is 1. The fourth-order valence-corrected chi connectivity index (χ4v) is 2.33. The Morgan fingerprint density at radius 3 is 2.57 bits per heavy atom. The van der Waals surface area contributed by atoms with Crippen LogP contribution in [0.4, 0.5) is 0 Å². The number of phenols is 1. The zero-order valence-corrected chi connectivity index (χ0v) is 13.0. The Morgan fingerprint density at radius 1 is 1.19 bits per heavy atom. The first-order valence-corrected chi connectivity index (χ1v) is 7.30. The molecule has 0 aliphatic rings. The predicted octanol–water partition coefficient (Wildman–Crippen LogP) is 3.78. The van der Waals surface area contributed by atoms with E-state index in [9.17, 15) is 5.11 Å². The molecule has 2 rings (SSSR count).